The van der Waals surface area contributed by atoms with Crippen LogP contribution in [0.25, 0.3) is 0 Å². The van der Waals surface area contributed by atoms with E-state index >= 15 is 0 Å². The maximum atomic E-state index is 13.6. The van der Waals surface area contributed by atoms with Gasteiger partial charge >= 0.3 is 0 Å². The highest BCUT2D eigenvalue weighted by atomic mass is 79.9. The van der Waals surface area contributed by atoms with Crippen LogP contribution in [0.3, 0.4) is 0 Å². The number of hydrogen-bond donors (Lipinski definition) is 0. The molecule has 0 aliphatic carbocycles. The number of carbonyl (C=O) groups excluding carboxylic acids is 2. The molecule has 0 atom stereocenters. The van der Waals surface area contributed by atoms with Gasteiger partial charge in [-0.2, -0.15) is 0 Å². The topological polar surface area (TPSA) is 37.4 Å². The molecule has 3 rings (SSSR count). The fourth-order valence-corrected chi connectivity index (χ4v) is 3.66. The molecule has 0 N–H and O–H groups in total. The van der Waals surface area contributed by atoms with Gasteiger partial charge in [0.15, 0.2) is 0 Å². The summed E-state index contributed by atoms with van der Waals surface area (Å²) in [5.41, 5.74) is 0.413. The monoisotopic (exact) mass is 373 g/mol. The smallest absolute Gasteiger partial charge is 0.299 e. The Morgan fingerprint density at radius 1 is 1.35 bits per heavy atom. The first-order valence-electron chi connectivity index (χ1n) is 5.56. The highest BCUT2D eigenvalue weighted by Crippen LogP contribution is 2.35. The number of anilines is 1. The Hall–Kier alpha value is -1.24. The van der Waals surface area contributed by atoms with Crippen LogP contribution >= 0.6 is 38.9 Å². The van der Waals surface area contributed by atoms with Crippen molar-refractivity contribution < 1.29 is 14.0 Å². The van der Waals surface area contributed by atoms with Crippen molar-refractivity contribution in [2.45, 2.75) is 6.54 Å². The second kappa shape index (κ2) is 4.95. The quantitative estimate of drug-likeness (QED) is 0.744. The number of nitrogens with zero attached hydrogens (tertiary/aromatic N) is 1. The van der Waals surface area contributed by atoms with Crippen LogP contribution in [0.1, 0.15) is 15.2 Å². The Morgan fingerprint density at radius 3 is 2.75 bits per heavy atom. The third kappa shape index (κ3) is 2.08. The zero-order chi connectivity index (χ0) is 14.4. The predicted octanol–water partition coefficient (Wildman–Crippen LogP) is 4.03. The van der Waals surface area contributed by atoms with Gasteiger partial charge in [-0.05, 0) is 39.5 Å². The van der Waals surface area contributed by atoms with Gasteiger partial charge in [-0.1, -0.05) is 11.6 Å². The molecule has 0 unspecified atom stereocenters. The average molecular weight is 375 g/mol. The summed E-state index contributed by atoms with van der Waals surface area (Å²) < 4.78 is 14.4. The van der Waals surface area contributed by atoms with E-state index in [4.69, 9.17) is 11.6 Å². The number of rotatable bonds is 2. The van der Waals surface area contributed by atoms with E-state index in [0.717, 1.165) is 15.4 Å². The van der Waals surface area contributed by atoms with Crippen LogP contribution in [-0.4, -0.2) is 11.7 Å². The summed E-state index contributed by atoms with van der Waals surface area (Å²) in [5.74, 6) is -1.97. The first-order chi connectivity index (χ1) is 9.49. The number of Topliss-reactive ketones (excluding diaryl/α,β-unsaturated/α-hetero) is 1. The molecule has 1 amide bonds. The molecule has 0 radical (unpaired) electrons. The van der Waals surface area contributed by atoms with Gasteiger partial charge in [-0.25, -0.2) is 4.39 Å². The van der Waals surface area contributed by atoms with Gasteiger partial charge in [0, 0.05) is 9.35 Å². The summed E-state index contributed by atoms with van der Waals surface area (Å²) in [6.45, 7) is 0.219. The van der Waals surface area contributed by atoms with E-state index in [1.807, 2.05) is 11.4 Å². The van der Waals surface area contributed by atoms with Crippen LogP contribution < -0.4 is 4.90 Å². The van der Waals surface area contributed by atoms with Gasteiger partial charge in [-0.3, -0.25) is 14.5 Å². The largest absolute Gasteiger partial charge is 0.299 e. The lowest BCUT2D eigenvalue weighted by molar-refractivity contribution is -0.114. The maximum Gasteiger partial charge on any atom is 0.299 e. The molecule has 1 aliphatic rings. The van der Waals surface area contributed by atoms with Crippen molar-refractivity contribution >= 4 is 56.2 Å². The number of fused-ring (bicyclic) bond motifs is 1. The van der Waals surface area contributed by atoms with Gasteiger partial charge < -0.3 is 0 Å². The Labute approximate surface area is 131 Å². The molecule has 0 saturated carbocycles. The van der Waals surface area contributed by atoms with Crippen LogP contribution in [0, 0.1) is 5.82 Å². The SMILES string of the molecule is O=C1C(=O)N(Cc2sccc2Br)c2cc(F)c(Cl)cc21. The number of hydrogen-bond acceptors (Lipinski definition) is 3. The summed E-state index contributed by atoms with van der Waals surface area (Å²) in [7, 11) is 0. The number of thiophene rings is 1. The van der Waals surface area contributed by atoms with E-state index in [-0.39, 0.29) is 22.8 Å². The number of ketones is 1. The second-order valence-electron chi connectivity index (χ2n) is 4.20. The van der Waals surface area contributed by atoms with Gasteiger partial charge in [0.05, 0.1) is 22.8 Å². The maximum absolute atomic E-state index is 13.6. The molecule has 0 bridgehead atoms. The average Bonchev–Trinajstić information content (AvgIpc) is 2.90. The standard InChI is InChI=1S/C13H6BrClFNO2S/c14-7-1-2-20-11(7)5-17-10-4-9(16)8(15)3-6(10)12(18)13(17)19/h1-4H,5H2. The van der Waals surface area contributed by atoms with Crippen molar-refractivity contribution in [2.24, 2.45) is 0 Å². The van der Waals surface area contributed by atoms with Crippen molar-refractivity contribution in [3.63, 3.8) is 0 Å². The first-order valence-corrected chi connectivity index (χ1v) is 7.61. The zero-order valence-corrected chi connectivity index (χ0v) is 13.0. The predicted molar refractivity (Wildman–Crippen MR) is 78.9 cm³/mol. The highest BCUT2D eigenvalue weighted by molar-refractivity contribution is 9.10. The summed E-state index contributed by atoms with van der Waals surface area (Å²) in [6.07, 6.45) is 0. The molecule has 2 heterocycles. The number of carbonyl (C=O) groups is 2. The number of amides is 1. The molecule has 0 spiro atoms. The minimum absolute atomic E-state index is 0.147. The second-order valence-corrected chi connectivity index (χ2v) is 6.46. The summed E-state index contributed by atoms with van der Waals surface area (Å²) in [5, 5.41) is 1.70. The molecule has 7 heteroatoms. The third-order valence-corrected chi connectivity index (χ3v) is 5.21. The lowest BCUT2D eigenvalue weighted by Gasteiger charge is -2.16. The lowest BCUT2D eigenvalue weighted by atomic mass is 10.1. The Balaban J connectivity index is 2.06. The van der Waals surface area contributed by atoms with Crippen LogP contribution in [0.2, 0.25) is 5.02 Å². The molecule has 1 aromatic carbocycles. The van der Waals surface area contributed by atoms with Crippen LogP contribution in [0.15, 0.2) is 28.1 Å². The van der Waals surface area contributed by atoms with E-state index < -0.39 is 17.5 Å². The normalized spacial score (nSPS) is 14.1. The minimum Gasteiger partial charge on any atom is -0.299 e. The van der Waals surface area contributed by atoms with Crippen molar-refractivity contribution in [3.8, 4) is 0 Å². The van der Waals surface area contributed by atoms with Gasteiger partial charge in [0.25, 0.3) is 11.7 Å². The summed E-state index contributed by atoms with van der Waals surface area (Å²) in [6, 6.07) is 4.18. The van der Waals surface area contributed by atoms with Crippen molar-refractivity contribution in [1.29, 1.82) is 0 Å². The molecule has 3 nitrogen and oxygen atoms in total. The summed E-state index contributed by atoms with van der Waals surface area (Å²) in [4.78, 5) is 26.1. The zero-order valence-electron chi connectivity index (χ0n) is 9.82. The molecular formula is C13H6BrClFNO2S. The Bertz CT molecular complexity index is 746. The Morgan fingerprint density at radius 2 is 2.10 bits per heavy atom. The van der Waals surface area contributed by atoms with Crippen molar-refractivity contribution in [3.05, 3.63) is 49.3 Å². The van der Waals surface area contributed by atoms with E-state index in [2.05, 4.69) is 15.9 Å². The molecule has 0 saturated heterocycles. The molecule has 20 heavy (non-hydrogen) atoms. The highest BCUT2D eigenvalue weighted by Gasteiger charge is 2.37. The first kappa shape index (κ1) is 13.7. The molecule has 1 aromatic heterocycles. The molecule has 0 fully saturated rings. The number of benzene rings is 1. The van der Waals surface area contributed by atoms with Crippen LogP contribution in [-0.2, 0) is 11.3 Å². The van der Waals surface area contributed by atoms with E-state index in [0.29, 0.717) is 0 Å². The van der Waals surface area contributed by atoms with E-state index in [1.165, 1.54) is 22.3 Å². The Kier molecular flexibility index (Phi) is 3.40. The van der Waals surface area contributed by atoms with Crippen LogP contribution in [0.5, 0.6) is 0 Å². The van der Waals surface area contributed by atoms with Gasteiger partial charge in [0.2, 0.25) is 0 Å². The van der Waals surface area contributed by atoms with Gasteiger partial charge in [0.1, 0.15) is 5.82 Å². The number of halogens is 3. The molecule has 1 aliphatic heterocycles. The molecule has 2 aromatic rings. The summed E-state index contributed by atoms with van der Waals surface area (Å²) >= 11 is 10.5. The van der Waals surface area contributed by atoms with E-state index in [9.17, 15) is 14.0 Å². The fraction of sp³-hybridized carbons (Fsp3) is 0.0769. The van der Waals surface area contributed by atoms with E-state index in [1.54, 1.807) is 0 Å². The fourth-order valence-electron chi connectivity index (χ4n) is 2.03. The van der Waals surface area contributed by atoms with Crippen molar-refractivity contribution in [2.75, 3.05) is 4.90 Å². The minimum atomic E-state index is -0.665. The van der Waals surface area contributed by atoms with Gasteiger partial charge in [-0.15, -0.1) is 11.3 Å². The van der Waals surface area contributed by atoms with Crippen LogP contribution in [0.4, 0.5) is 10.1 Å². The lowest BCUT2D eigenvalue weighted by Crippen LogP contribution is -2.28. The molecular weight excluding hydrogens is 369 g/mol. The third-order valence-electron chi connectivity index (χ3n) is 3.01. The van der Waals surface area contributed by atoms with Crippen molar-refractivity contribution in [1.82, 2.24) is 0 Å². The molecule has 102 valence electrons.